The summed E-state index contributed by atoms with van der Waals surface area (Å²) in [6, 6.07) is 12.6. The van der Waals surface area contributed by atoms with Crippen molar-refractivity contribution in [2.75, 3.05) is 45.7 Å². The fourth-order valence-corrected chi connectivity index (χ4v) is 4.40. The van der Waals surface area contributed by atoms with Gasteiger partial charge in [0.15, 0.2) is 0 Å². The highest BCUT2D eigenvalue weighted by Crippen LogP contribution is 2.45. The Kier molecular flexibility index (Phi) is 6.06. The van der Waals surface area contributed by atoms with Gasteiger partial charge < -0.3 is 19.6 Å². The SMILES string of the molecule is COc1ccc(C2Sc3cc(F)ccc3N(CCN(C)C)CC2O)cc1. The third kappa shape index (κ3) is 4.31. The van der Waals surface area contributed by atoms with Crippen LogP contribution in [-0.2, 0) is 0 Å². The Hall–Kier alpha value is -1.76. The molecule has 2 atom stereocenters. The van der Waals surface area contributed by atoms with Crippen LogP contribution in [0.5, 0.6) is 5.75 Å². The average molecular weight is 376 g/mol. The lowest BCUT2D eigenvalue weighted by molar-refractivity contribution is 0.177. The van der Waals surface area contributed by atoms with E-state index in [9.17, 15) is 9.50 Å². The highest BCUT2D eigenvalue weighted by Gasteiger charge is 2.30. The van der Waals surface area contributed by atoms with E-state index in [0.717, 1.165) is 35.0 Å². The summed E-state index contributed by atoms with van der Waals surface area (Å²) in [5.74, 6) is 0.523. The molecule has 0 aliphatic carbocycles. The Morgan fingerprint density at radius 1 is 1.23 bits per heavy atom. The third-order valence-electron chi connectivity index (χ3n) is 4.53. The number of methoxy groups -OCH3 is 1. The summed E-state index contributed by atoms with van der Waals surface area (Å²) in [5.41, 5.74) is 1.99. The van der Waals surface area contributed by atoms with Crippen molar-refractivity contribution in [1.29, 1.82) is 0 Å². The molecule has 1 N–H and O–H groups in total. The zero-order chi connectivity index (χ0) is 18.7. The van der Waals surface area contributed by atoms with Gasteiger partial charge in [-0.05, 0) is 50.0 Å². The molecular formula is C20H25FN2O2S. The van der Waals surface area contributed by atoms with Crippen molar-refractivity contribution in [2.45, 2.75) is 16.2 Å². The Balaban J connectivity index is 1.93. The number of thioether (sulfide) groups is 1. The summed E-state index contributed by atoms with van der Waals surface area (Å²) in [6.45, 7) is 2.15. The van der Waals surface area contributed by atoms with Gasteiger partial charge >= 0.3 is 0 Å². The van der Waals surface area contributed by atoms with Crippen molar-refractivity contribution >= 4 is 17.4 Å². The van der Waals surface area contributed by atoms with Gasteiger partial charge in [-0.2, -0.15) is 0 Å². The molecule has 1 aliphatic rings. The average Bonchev–Trinajstić information content (AvgIpc) is 2.76. The maximum absolute atomic E-state index is 13.9. The number of hydrogen-bond acceptors (Lipinski definition) is 5. The van der Waals surface area contributed by atoms with Crippen molar-refractivity contribution in [2.24, 2.45) is 0 Å². The predicted molar refractivity (Wildman–Crippen MR) is 105 cm³/mol. The van der Waals surface area contributed by atoms with Crippen LogP contribution in [0, 0.1) is 5.82 Å². The molecule has 0 spiro atoms. The van der Waals surface area contributed by atoms with Crippen LogP contribution in [0.3, 0.4) is 0 Å². The number of ether oxygens (including phenoxy) is 1. The molecule has 3 rings (SSSR count). The molecule has 2 aromatic rings. The van der Waals surface area contributed by atoms with E-state index in [1.54, 1.807) is 13.2 Å². The van der Waals surface area contributed by atoms with Gasteiger partial charge in [0, 0.05) is 24.5 Å². The number of aliphatic hydroxyl groups excluding tert-OH is 1. The van der Waals surface area contributed by atoms with E-state index >= 15 is 0 Å². The van der Waals surface area contributed by atoms with Gasteiger partial charge in [-0.25, -0.2) is 4.39 Å². The van der Waals surface area contributed by atoms with Gasteiger partial charge in [-0.1, -0.05) is 12.1 Å². The molecule has 140 valence electrons. The van der Waals surface area contributed by atoms with Gasteiger partial charge in [0.05, 0.1) is 24.2 Å². The highest BCUT2D eigenvalue weighted by atomic mass is 32.2. The minimum atomic E-state index is -0.564. The maximum Gasteiger partial charge on any atom is 0.124 e. The first-order chi connectivity index (χ1) is 12.5. The summed E-state index contributed by atoms with van der Waals surface area (Å²) in [6.07, 6.45) is -0.564. The summed E-state index contributed by atoms with van der Waals surface area (Å²) in [5, 5.41) is 10.7. The molecule has 1 aliphatic heterocycles. The summed E-state index contributed by atoms with van der Waals surface area (Å²) < 4.78 is 19.1. The first-order valence-electron chi connectivity index (χ1n) is 8.66. The monoisotopic (exact) mass is 376 g/mol. The number of halogens is 1. The number of nitrogens with zero attached hydrogens (tertiary/aromatic N) is 2. The zero-order valence-electron chi connectivity index (χ0n) is 15.4. The van der Waals surface area contributed by atoms with Crippen LogP contribution in [0.4, 0.5) is 10.1 Å². The number of hydrogen-bond donors (Lipinski definition) is 1. The van der Waals surface area contributed by atoms with Crippen molar-refractivity contribution in [1.82, 2.24) is 4.90 Å². The number of rotatable bonds is 5. The summed E-state index contributed by atoms with van der Waals surface area (Å²) >= 11 is 1.52. The quantitative estimate of drug-likeness (QED) is 0.865. The molecule has 0 fully saturated rings. The van der Waals surface area contributed by atoms with E-state index in [0.29, 0.717) is 6.54 Å². The first kappa shape index (κ1) is 19.0. The van der Waals surface area contributed by atoms with Gasteiger partial charge in [0.25, 0.3) is 0 Å². The van der Waals surface area contributed by atoms with Gasteiger partial charge in [0.2, 0.25) is 0 Å². The Bertz CT molecular complexity index is 739. The summed E-state index contributed by atoms with van der Waals surface area (Å²) in [7, 11) is 5.68. The number of anilines is 1. The third-order valence-corrected chi connectivity index (χ3v) is 5.96. The van der Waals surface area contributed by atoms with E-state index in [1.807, 2.05) is 44.4 Å². The van der Waals surface area contributed by atoms with Crippen LogP contribution in [0.2, 0.25) is 0 Å². The zero-order valence-corrected chi connectivity index (χ0v) is 16.2. The Morgan fingerprint density at radius 2 is 1.96 bits per heavy atom. The van der Waals surface area contributed by atoms with Crippen LogP contribution in [-0.4, -0.2) is 56.9 Å². The predicted octanol–water partition coefficient (Wildman–Crippen LogP) is 3.41. The van der Waals surface area contributed by atoms with Crippen molar-refractivity contribution < 1.29 is 14.2 Å². The summed E-state index contributed by atoms with van der Waals surface area (Å²) in [4.78, 5) is 5.12. The van der Waals surface area contributed by atoms with Crippen LogP contribution in [0.1, 0.15) is 10.8 Å². The molecule has 0 aromatic heterocycles. The normalized spacial score (nSPS) is 20.0. The molecule has 0 bridgehead atoms. The Labute approximate surface area is 158 Å². The van der Waals surface area contributed by atoms with Gasteiger partial charge in [0.1, 0.15) is 11.6 Å². The molecule has 1 heterocycles. The fraction of sp³-hybridized carbons (Fsp3) is 0.400. The topological polar surface area (TPSA) is 35.9 Å². The number of likely N-dealkylation sites (N-methyl/N-ethyl adjacent to an activating group) is 1. The molecule has 4 nitrogen and oxygen atoms in total. The second-order valence-corrected chi connectivity index (χ2v) is 7.92. The molecule has 6 heteroatoms. The molecule has 0 saturated heterocycles. The van der Waals surface area contributed by atoms with Crippen LogP contribution in [0.15, 0.2) is 47.4 Å². The van der Waals surface area contributed by atoms with E-state index in [2.05, 4.69) is 9.80 Å². The van der Waals surface area contributed by atoms with Crippen LogP contribution >= 0.6 is 11.8 Å². The maximum atomic E-state index is 13.9. The Morgan fingerprint density at radius 3 is 2.62 bits per heavy atom. The van der Waals surface area contributed by atoms with Crippen molar-refractivity contribution in [3.05, 3.63) is 53.8 Å². The van der Waals surface area contributed by atoms with Crippen LogP contribution in [0.25, 0.3) is 0 Å². The largest absolute Gasteiger partial charge is 0.497 e. The minimum Gasteiger partial charge on any atom is -0.497 e. The number of aliphatic hydroxyl groups is 1. The smallest absolute Gasteiger partial charge is 0.124 e. The highest BCUT2D eigenvalue weighted by molar-refractivity contribution is 7.99. The number of benzene rings is 2. The lowest BCUT2D eigenvalue weighted by atomic mass is 10.1. The molecule has 0 radical (unpaired) electrons. The van der Waals surface area contributed by atoms with Crippen LogP contribution < -0.4 is 9.64 Å². The number of fused-ring (bicyclic) bond motifs is 1. The van der Waals surface area contributed by atoms with E-state index in [1.165, 1.54) is 17.8 Å². The first-order valence-corrected chi connectivity index (χ1v) is 9.54. The van der Waals surface area contributed by atoms with E-state index in [-0.39, 0.29) is 11.1 Å². The molecule has 2 aromatic carbocycles. The van der Waals surface area contributed by atoms with Crippen molar-refractivity contribution in [3.63, 3.8) is 0 Å². The number of β-amino-alcohol motifs (C(OH)–C–C–N with tert-alkyl or cyclic N) is 1. The standard InChI is InChI=1S/C20H25FN2O2S/c1-22(2)10-11-23-13-18(24)20(14-4-7-16(25-3)8-5-14)26-19-12-15(21)6-9-17(19)23/h4-9,12,18,20,24H,10-11,13H2,1-3H3. The van der Waals surface area contributed by atoms with Gasteiger partial charge in [-0.3, -0.25) is 0 Å². The second kappa shape index (κ2) is 8.29. The molecule has 0 saturated carbocycles. The van der Waals surface area contributed by atoms with Crippen molar-refractivity contribution in [3.8, 4) is 5.75 Å². The fourth-order valence-electron chi connectivity index (χ4n) is 3.10. The second-order valence-electron chi connectivity index (χ2n) is 6.74. The lowest BCUT2D eigenvalue weighted by Crippen LogP contribution is -2.38. The molecular weight excluding hydrogens is 351 g/mol. The van der Waals surface area contributed by atoms with E-state index < -0.39 is 6.10 Å². The van der Waals surface area contributed by atoms with E-state index in [4.69, 9.17) is 4.74 Å². The van der Waals surface area contributed by atoms with Gasteiger partial charge in [-0.15, -0.1) is 11.8 Å². The molecule has 26 heavy (non-hydrogen) atoms. The molecule has 0 amide bonds. The molecule has 2 unspecified atom stereocenters. The lowest BCUT2D eigenvalue weighted by Gasteiger charge is -2.28. The minimum absolute atomic E-state index is 0.161.